The van der Waals surface area contributed by atoms with Crippen LogP contribution in [-0.4, -0.2) is 58.2 Å². The van der Waals surface area contributed by atoms with E-state index in [-0.39, 0.29) is 18.4 Å². The van der Waals surface area contributed by atoms with Crippen molar-refractivity contribution in [1.82, 2.24) is 14.3 Å². The predicted molar refractivity (Wildman–Crippen MR) is 65.3 cm³/mol. The minimum absolute atomic E-state index is 0. The number of fused-ring (bicyclic) bond motifs is 1. The molecule has 0 aromatic heterocycles. The molecule has 2 aliphatic heterocycles. The highest BCUT2D eigenvalue weighted by Gasteiger charge is 2.54. The van der Waals surface area contributed by atoms with Gasteiger partial charge in [0.25, 0.3) is 10.2 Å². The van der Waals surface area contributed by atoms with Crippen LogP contribution in [0.5, 0.6) is 0 Å². The normalized spacial score (nSPS) is 37.3. The summed E-state index contributed by atoms with van der Waals surface area (Å²) in [7, 11) is -3.29. The third-order valence-electron chi connectivity index (χ3n) is 3.69. The maximum Gasteiger partial charge on any atom is 0.279 e. The number of ether oxygens (including phenoxy) is 1. The van der Waals surface area contributed by atoms with Gasteiger partial charge in [-0.15, -0.1) is 12.4 Å². The highest BCUT2D eigenvalue weighted by atomic mass is 35.5. The van der Waals surface area contributed by atoms with Crippen molar-refractivity contribution in [2.24, 2.45) is 11.8 Å². The number of piperidine rings is 1. The molecule has 2 N–H and O–H groups in total. The Labute approximate surface area is 108 Å². The molecule has 0 aromatic carbocycles. The maximum atomic E-state index is 12.0. The Morgan fingerprint density at radius 3 is 2.35 bits per heavy atom. The Kier molecular flexibility index (Phi) is 3.96. The number of hydrogen-bond acceptors (Lipinski definition) is 4. The average molecular weight is 284 g/mol. The molecule has 0 amide bonds. The number of halogens is 1. The molecule has 2 heterocycles. The van der Waals surface area contributed by atoms with Gasteiger partial charge in [0.05, 0.1) is 13.2 Å². The van der Waals surface area contributed by atoms with Gasteiger partial charge in [0.2, 0.25) is 0 Å². The van der Waals surface area contributed by atoms with E-state index in [2.05, 4.69) is 10.0 Å². The molecule has 2 saturated heterocycles. The molecule has 100 valence electrons. The molecule has 2 unspecified atom stereocenters. The zero-order valence-corrected chi connectivity index (χ0v) is 11.1. The Bertz CT molecular complexity index is 362. The van der Waals surface area contributed by atoms with Crippen LogP contribution < -0.4 is 10.0 Å². The summed E-state index contributed by atoms with van der Waals surface area (Å²) < 4.78 is 33.4. The van der Waals surface area contributed by atoms with Gasteiger partial charge < -0.3 is 10.1 Å². The largest absolute Gasteiger partial charge is 0.379 e. The lowest BCUT2D eigenvalue weighted by atomic mass is 10.4. The zero-order valence-electron chi connectivity index (χ0n) is 9.46. The van der Waals surface area contributed by atoms with Crippen molar-refractivity contribution in [2.45, 2.75) is 6.04 Å². The van der Waals surface area contributed by atoms with Crippen molar-refractivity contribution in [3.63, 3.8) is 0 Å². The quantitative estimate of drug-likeness (QED) is 0.682. The van der Waals surface area contributed by atoms with Gasteiger partial charge in [-0.25, -0.2) is 0 Å². The lowest BCUT2D eigenvalue weighted by molar-refractivity contribution is 0.0724. The first kappa shape index (κ1) is 13.5. The number of morpholine rings is 1. The van der Waals surface area contributed by atoms with E-state index in [0.717, 1.165) is 13.1 Å². The molecular weight excluding hydrogens is 266 g/mol. The van der Waals surface area contributed by atoms with E-state index in [1.54, 1.807) is 0 Å². The molecule has 1 aliphatic carbocycles. The number of nitrogens with zero attached hydrogens (tertiary/aromatic N) is 1. The van der Waals surface area contributed by atoms with Crippen molar-refractivity contribution in [3.05, 3.63) is 0 Å². The molecule has 1 saturated carbocycles. The molecule has 0 aromatic rings. The first-order valence-electron chi connectivity index (χ1n) is 5.74. The van der Waals surface area contributed by atoms with Gasteiger partial charge in [-0.2, -0.15) is 17.4 Å². The summed E-state index contributed by atoms with van der Waals surface area (Å²) in [6.45, 7) is 3.83. The van der Waals surface area contributed by atoms with Gasteiger partial charge in [0.1, 0.15) is 0 Å². The molecule has 0 radical (unpaired) electrons. The predicted octanol–water partition coefficient (Wildman–Crippen LogP) is -1.21. The van der Waals surface area contributed by atoms with E-state index in [0.29, 0.717) is 38.1 Å². The van der Waals surface area contributed by atoms with Gasteiger partial charge >= 0.3 is 0 Å². The molecular formula is C9H18ClN3O3S. The van der Waals surface area contributed by atoms with E-state index < -0.39 is 10.2 Å². The van der Waals surface area contributed by atoms with Crippen LogP contribution in [0.2, 0.25) is 0 Å². The molecule has 3 rings (SSSR count). The third-order valence-corrected chi connectivity index (χ3v) is 5.30. The second-order valence-electron chi connectivity index (χ2n) is 4.65. The van der Waals surface area contributed by atoms with Crippen LogP contribution in [0, 0.1) is 11.8 Å². The summed E-state index contributed by atoms with van der Waals surface area (Å²) in [6, 6.07) is 0.161. The second kappa shape index (κ2) is 4.99. The van der Waals surface area contributed by atoms with Crippen molar-refractivity contribution in [1.29, 1.82) is 0 Å². The zero-order chi connectivity index (χ0) is 11.2. The summed E-state index contributed by atoms with van der Waals surface area (Å²) >= 11 is 0. The topological polar surface area (TPSA) is 70.7 Å². The Hall–Kier alpha value is 0.0800. The molecule has 2 atom stereocenters. The molecule has 6 nitrogen and oxygen atoms in total. The van der Waals surface area contributed by atoms with Crippen molar-refractivity contribution < 1.29 is 13.2 Å². The molecule has 0 spiro atoms. The Morgan fingerprint density at radius 2 is 1.76 bits per heavy atom. The van der Waals surface area contributed by atoms with Crippen molar-refractivity contribution >= 4 is 22.6 Å². The van der Waals surface area contributed by atoms with Gasteiger partial charge in [0.15, 0.2) is 0 Å². The fraction of sp³-hybridized carbons (Fsp3) is 1.00. The minimum Gasteiger partial charge on any atom is -0.379 e. The summed E-state index contributed by atoms with van der Waals surface area (Å²) in [5.74, 6) is 1.02. The van der Waals surface area contributed by atoms with Crippen molar-refractivity contribution in [2.75, 3.05) is 39.4 Å². The highest BCUT2D eigenvalue weighted by molar-refractivity contribution is 7.87. The lowest BCUT2D eigenvalue weighted by Gasteiger charge is -2.26. The fourth-order valence-electron chi connectivity index (χ4n) is 2.63. The first-order valence-corrected chi connectivity index (χ1v) is 7.18. The number of nitrogens with one attached hydrogen (secondary N) is 2. The smallest absolute Gasteiger partial charge is 0.279 e. The van der Waals surface area contributed by atoms with E-state index in [4.69, 9.17) is 4.74 Å². The molecule has 8 heteroatoms. The third kappa shape index (κ3) is 2.59. The minimum atomic E-state index is -3.29. The maximum absolute atomic E-state index is 12.0. The fourth-order valence-corrected chi connectivity index (χ4v) is 4.10. The van der Waals surface area contributed by atoms with Crippen molar-refractivity contribution in [3.8, 4) is 0 Å². The Morgan fingerprint density at radius 1 is 1.18 bits per heavy atom. The summed E-state index contributed by atoms with van der Waals surface area (Å²) in [6.07, 6.45) is 0. The van der Waals surface area contributed by atoms with Crippen LogP contribution in [0.25, 0.3) is 0 Å². The van der Waals surface area contributed by atoms with Gasteiger partial charge in [-0.1, -0.05) is 0 Å². The summed E-state index contributed by atoms with van der Waals surface area (Å²) in [5.41, 5.74) is 0. The van der Waals surface area contributed by atoms with Crippen LogP contribution in [0.15, 0.2) is 0 Å². The monoisotopic (exact) mass is 283 g/mol. The van der Waals surface area contributed by atoms with E-state index in [1.807, 2.05) is 0 Å². The van der Waals surface area contributed by atoms with Crippen LogP contribution in [-0.2, 0) is 14.9 Å². The molecule has 17 heavy (non-hydrogen) atoms. The SMILES string of the molecule is Cl.O=S(=O)(NC1C2CNCC21)N1CCOCC1. The van der Waals surface area contributed by atoms with Gasteiger partial charge in [0, 0.05) is 19.1 Å². The van der Waals surface area contributed by atoms with Crippen LogP contribution in [0.1, 0.15) is 0 Å². The van der Waals surface area contributed by atoms with E-state index >= 15 is 0 Å². The Balaban J connectivity index is 0.00000108. The number of rotatable bonds is 3. The van der Waals surface area contributed by atoms with Crippen LogP contribution in [0.4, 0.5) is 0 Å². The van der Waals surface area contributed by atoms with Gasteiger partial charge in [-0.3, -0.25) is 0 Å². The summed E-state index contributed by atoms with van der Waals surface area (Å²) in [4.78, 5) is 0. The average Bonchev–Trinajstić information content (AvgIpc) is 2.76. The van der Waals surface area contributed by atoms with E-state index in [9.17, 15) is 8.42 Å². The molecule has 3 aliphatic rings. The lowest BCUT2D eigenvalue weighted by Crippen LogP contribution is -2.48. The van der Waals surface area contributed by atoms with Gasteiger partial charge in [-0.05, 0) is 24.9 Å². The standard InChI is InChI=1S/C9H17N3O3S.ClH/c13-16(14,12-1-3-15-4-2-12)11-9-7-5-10-6-8(7)9;/h7-11H,1-6H2;1H. The molecule has 0 bridgehead atoms. The van der Waals surface area contributed by atoms with Crippen LogP contribution in [0.3, 0.4) is 0 Å². The van der Waals surface area contributed by atoms with E-state index in [1.165, 1.54) is 4.31 Å². The second-order valence-corrected chi connectivity index (χ2v) is 6.35. The molecule has 3 fully saturated rings. The first-order chi connectivity index (χ1) is 7.68. The van der Waals surface area contributed by atoms with Crippen LogP contribution >= 0.6 is 12.4 Å². The highest BCUT2D eigenvalue weighted by Crippen LogP contribution is 2.42. The summed E-state index contributed by atoms with van der Waals surface area (Å²) in [5, 5.41) is 3.25. The number of hydrogen-bond donors (Lipinski definition) is 2.